The Hall–Kier alpha value is -3.00. The summed E-state index contributed by atoms with van der Waals surface area (Å²) in [7, 11) is -3.49. The molecule has 0 bridgehead atoms. The van der Waals surface area contributed by atoms with E-state index in [0.29, 0.717) is 21.0 Å². The number of aryl methyl sites for hydroxylation is 1. The van der Waals surface area contributed by atoms with Crippen LogP contribution in [0.5, 0.6) is 0 Å². The van der Waals surface area contributed by atoms with Crippen LogP contribution in [0.1, 0.15) is 22.4 Å². The third-order valence-corrected chi connectivity index (χ3v) is 7.50. The summed E-state index contributed by atoms with van der Waals surface area (Å²) in [6, 6.07) is 21.7. The fraction of sp³-hybridized carbons (Fsp3) is 0.120. The van der Waals surface area contributed by atoms with Gasteiger partial charge in [-0.05, 0) is 48.9 Å². The summed E-state index contributed by atoms with van der Waals surface area (Å²) in [5.41, 5.74) is 3.49. The largest absolute Gasteiger partial charge is 0.507 e. The van der Waals surface area contributed by atoms with E-state index in [9.17, 15) is 13.5 Å². The fourth-order valence-electron chi connectivity index (χ4n) is 3.15. The lowest BCUT2D eigenvalue weighted by atomic mass is 10.1. The minimum absolute atomic E-state index is 0.0133. The van der Waals surface area contributed by atoms with E-state index in [2.05, 4.69) is 9.98 Å². The summed E-state index contributed by atoms with van der Waals surface area (Å²) in [4.78, 5) is 9.01. The Bertz CT molecular complexity index is 1490. The Morgan fingerprint density at radius 3 is 2.48 bits per heavy atom. The van der Waals surface area contributed by atoms with E-state index < -0.39 is 9.84 Å². The van der Waals surface area contributed by atoms with Crippen molar-refractivity contribution >= 4 is 54.8 Å². The molecule has 0 aliphatic rings. The van der Waals surface area contributed by atoms with Crippen LogP contribution in [-0.4, -0.2) is 24.4 Å². The molecule has 8 heteroatoms. The number of rotatable bonds is 6. The molecule has 0 fully saturated rings. The van der Waals surface area contributed by atoms with Crippen LogP contribution in [0.2, 0.25) is 5.02 Å². The highest BCUT2D eigenvalue weighted by Crippen LogP contribution is 2.19. The maximum atomic E-state index is 12.7. The number of aromatic nitrogens is 1. The summed E-state index contributed by atoms with van der Waals surface area (Å²) in [6.07, 6.45) is 1.50. The zero-order valence-corrected chi connectivity index (χ0v) is 20.2. The van der Waals surface area contributed by atoms with E-state index in [-0.39, 0.29) is 17.4 Å². The number of benzene rings is 3. The molecule has 1 heterocycles. The molecule has 1 aromatic heterocycles. The lowest BCUT2D eigenvalue weighted by molar-refractivity contribution is 0.515. The van der Waals surface area contributed by atoms with Gasteiger partial charge >= 0.3 is 0 Å². The third-order valence-electron chi connectivity index (χ3n) is 4.86. The van der Waals surface area contributed by atoms with Gasteiger partial charge in [-0.2, -0.15) is 0 Å². The molecule has 3 aromatic carbocycles. The first kappa shape index (κ1) is 23.2. The van der Waals surface area contributed by atoms with Crippen molar-refractivity contribution in [2.24, 2.45) is 4.99 Å². The van der Waals surface area contributed by atoms with Crippen LogP contribution < -0.4 is 4.67 Å². The zero-order valence-electron chi connectivity index (χ0n) is 17.8. The van der Waals surface area contributed by atoms with Crippen LogP contribution in [0.3, 0.4) is 0 Å². The monoisotopic (exact) mass is 496 g/mol. The number of aliphatic hydroxyl groups excluding tert-OH is 1. The van der Waals surface area contributed by atoms with Crippen molar-refractivity contribution in [2.75, 3.05) is 5.88 Å². The fourth-order valence-corrected chi connectivity index (χ4v) is 5.39. The van der Waals surface area contributed by atoms with Crippen LogP contribution in [-0.2, 0) is 15.6 Å². The Kier molecular flexibility index (Phi) is 6.93. The van der Waals surface area contributed by atoms with Crippen LogP contribution in [0.15, 0.2) is 77.8 Å². The maximum Gasteiger partial charge on any atom is 0.174 e. The van der Waals surface area contributed by atoms with Crippen molar-refractivity contribution in [3.8, 4) is 0 Å². The molecule has 0 aliphatic carbocycles. The predicted molar refractivity (Wildman–Crippen MR) is 136 cm³/mol. The van der Waals surface area contributed by atoms with Crippen molar-refractivity contribution in [1.29, 1.82) is 0 Å². The highest BCUT2D eigenvalue weighted by atomic mass is 35.5. The lowest BCUT2D eigenvalue weighted by Crippen LogP contribution is -2.13. The van der Waals surface area contributed by atoms with Gasteiger partial charge in [-0.25, -0.2) is 13.4 Å². The van der Waals surface area contributed by atoms with Gasteiger partial charge in [0.05, 0.1) is 16.0 Å². The number of para-hydroxylation sites is 1. The molecule has 0 unspecified atom stereocenters. The van der Waals surface area contributed by atoms with Crippen molar-refractivity contribution in [2.45, 2.75) is 12.7 Å². The van der Waals surface area contributed by atoms with Gasteiger partial charge in [-0.15, -0.1) is 11.3 Å². The number of fused-ring (bicyclic) bond motifs is 1. The van der Waals surface area contributed by atoms with E-state index in [1.807, 2.05) is 55.5 Å². The topological polar surface area (TPSA) is 79.6 Å². The molecule has 1 N–H and O–H groups in total. The quantitative estimate of drug-likeness (QED) is 0.343. The van der Waals surface area contributed by atoms with Gasteiger partial charge in [0.2, 0.25) is 0 Å². The molecule has 4 aromatic rings. The van der Waals surface area contributed by atoms with Gasteiger partial charge in [0.25, 0.3) is 0 Å². The standard InChI is InChI=1S/C25H21ClN2O3S2/c1-17-6-8-18(9-7-17)15-33(30,31)16-27-25-22(28-21-4-2-3-5-24(21)32-25)14-23(29)19-10-12-20(26)13-11-19/h2-14,29H,15-16H2,1H3/b23-14-,27-25-. The summed E-state index contributed by atoms with van der Waals surface area (Å²) in [5.74, 6) is -0.482. The van der Waals surface area contributed by atoms with Gasteiger partial charge in [-0.1, -0.05) is 53.6 Å². The highest BCUT2D eigenvalue weighted by Gasteiger charge is 2.12. The first-order chi connectivity index (χ1) is 15.8. The summed E-state index contributed by atoms with van der Waals surface area (Å²) < 4.78 is 26.7. The van der Waals surface area contributed by atoms with Gasteiger partial charge in [-0.3, -0.25) is 4.99 Å². The van der Waals surface area contributed by atoms with E-state index in [1.54, 1.807) is 24.3 Å². The van der Waals surface area contributed by atoms with Crippen molar-refractivity contribution in [3.05, 3.63) is 105 Å². The Morgan fingerprint density at radius 1 is 1.06 bits per heavy atom. The van der Waals surface area contributed by atoms with Gasteiger partial charge in [0.1, 0.15) is 22.0 Å². The molecule has 0 aliphatic heterocycles. The number of nitrogens with zero attached hydrogens (tertiary/aromatic N) is 2. The second-order valence-electron chi connectivity index (χ2n) is 7.57. The van der Waals surface area contributed by atoms with E-state index >= 15 is 0 Å². The molecular formula is C25H21ClN2O3S2. The molecule has 5 nitrogen and oxygen atoms in total. The number of aliphatic hydroxyl groups is 1. The summed E-state index contributed by atoms with van der Waals surface area (Å²) in [5, 5.41) is 11.2. The second-order valence-corrected chi connectivity index (χ2v) is 11.1. The number of sulfone groups is 1. The molecule has 0 saturated carbocycles. The van der Waals surface area contributed by atoms with Crippen LogP contribution in [0.4, 0.5) is 0 Å². The average molecular weight is 497 g/mol. The Balaban J connectivity index is 1.72. The molecule has 4 rings (SSSR count). The molecular weight excluding hydrogens is 476 g/mol. The zero-order chi connectivity index (χ0) is 23.4. The average Bonchev–Trinajstić information content (AvgIpc) is 2.79. The van der Waals surface area contributed by atoms with Crippen LogP contribution in [0, 0.1) is 6.92 Å². The van der Waals surface area contributed by atoms with E-state index in [0.717, 1.165) is 21.3 Å². The van der Waals surface area contributed by atoms with Crippen molar-refractivity contribution in [1.82, 2.24) is 4.98 Å². The molecule has 0 amide bonds. The second kappa shape index (κ2) is 9.87. The van der Waals surface area contributed by atoms with E-state index in [4.69, 9.17) is 11.6 Å². The molecule has 33 heavy (non-hydrogen) atoms. The minimum atomic E-state index is -3.49. The first-order valence-corrected chi connectivity index (χ1v) is 13.1. The molecule has 0 spiro atoms. The van der Waals surface area contributed by atoms with Crippen LogP contribution >= 0.6 is 22.9 Å². The third kappa shape index (κ3) is 6.07. The smallest absolute Gasteiger partial charge is 0.174 e. The number of halogens is 1. The lowest BCUT2D eigenvalue weighted by Gasteiger charge is -2.05. The summed E-state index contributed by atoms with van der Waals surface area (Å²) >= 11 is 7.26. The maximum absolute atomic E-state index is 12.7. The summed E-state index contributed by atoms with van der Waals surface area (Å²) in [6.45, 7) is 1.95. The van der Waals surface area contributed by atoms with Gasteiger partial charge in [0.15, 0.2) is 9.84 Å². The van der Waals surface area contributed by atoms with Crippen molar-refractivity contribution < 1.29 is 13.5 Å². The van der Waals surface area contributed by atoms with Gasteiger partial charge < -0.3 is 5.11 Å². The predicted octanol–water partition coefficient (Wildman–Crippen LogP) is 5.79. The molecule has 0 saturated heterocycles. The SMILES string of the molecule is Cc1ccc(CS(=O)(=O)C/N=c2\sc3ccccc3nc2/C=C(\O)c2ccc(Cl)cc2)cc1. The number of hydrogen-bond donors (Lipinski definition) is 1. The Labute approximate surface area is 201 Å². The Morgan fingerprint density at radius 2 is 1.76 bits per heavy atom. The highest BCUT2D eigenvalue weighted by molar-refractivity contribution is 7.90. The molecule has 168 valence electrons. The van der Waals surface area contributed by atoms with Crippen LogP contribution in [0.25, 0.3) is 22.1 Å². The molecule has 0 atom stereocenters. The van der Waals surface area contributed by atoms with Crippen molar-refractivity contribution in [3.63, 3.8) is 0 Å². The number of hydrogen-bond acceptors (Lipinski definition) is 6. The van der Waals surface area contributed by atoms with Gasteiger partial charge in [0, 0.05) is 16.7 Å². The normalized spacial score (nSPS) is 12.9. The van der Waals surface area contributed by atoms with E-state index in [1.165, 1.54) is 17.4 Å². The first-order valence-electron chi connectivity index (χ1n) is 10.1. The molecule has 0 radical (unpaired) electrons. The minimum Gasteiger partial charge on any atom is -0.507 e.